The number of amides is 1. The summed E-state index contributed by atoms with van der Waals surface area (Å²) in [7, 11) is 0. The van der Waals surface area contributed by atoms with E-state index in [-0.39, 0.29) is 65.6 Å². The Labute approximate surface area is 298 Å². The molecule has 1 heterocycles. The van der Waals surface area contributed by atoms with Gasteiger partial charge in [-0.2, -0.15) is 0 Å². The minimum absolute atomic E-state index is 0.00345. The van der Waals surface area contributed by atoms with Crippen molar-refractivity contribution in [3.05, 3.63) is 53.6 Å². The Morgan fingerprint density at radius 3 is 2.20 bits per heavy atom. The molecule has 5 fully saturated rings. The molecule has 5 aliphatic carbocycles. The number of aromatic carboxylic acids is 1. The maximum Gasteiger partial charge on any atom is 0.335 e. The monoisotopic (exact) mass is 690 g/mol. The van der Waals surface area contributed by atoms with Crippen molar-refractivity contribution >= 4 is 17.4 Å². The summed E-state index contributed by atoms with van der Waals surface area (Å²) in [5, 5.41) is 13.1. The third-order valence-electron chi connectivity index (χ3n) is 16.4. The molecule has 2 N–H and O–H groups in total. The van der Waals surface area contributed by atoms with Gasteiger partial charge in [0, 0.05) is 31.5 Å². The highest BCUT2D eigenvalue weighted by Crippen LogP contribution is 2.76. The van der Waals surface area contributed by atoms with Crippen LogP contribution in [0.25, 0.3) is 5.57 Å². The van der Waals surface area contributed by atoms with E-state index in [2.05, 4.69) is 59.5 Å². The summed E-state index contributed by atoms with van der Waals surface area (Å²) < 4.78 is 27.7. The number of benzene rings is 1. The summed E-state index contributed by atoms with van der Waals surface area (Å²) in [6.45, 7) is 20.1. The molecule has 0 radical (unpaired) electrons. The predicted molar refractivity (Wildman–Crippen MR) is 195 cm³/mol. The number of piperidine rings is 1. The van der Waals surface area contributed by atoms with Gasteiger partial charge in [0.05, 0.1) is 12.1 Å². The summed E-state index contributed by atoms with van der Waals surface area (Å²) in [6, 6.07) is 7.47. The van der Waals surface area contributed by atoms with Crippen molar-refractivity contribution in [3.8, 4) is 0 Å². The summed E-state index contributed by atoms with van der Waals surface area (Å²) in [5.74, 6) is -1.16. The molecule has 4 saturated carbocycles. The topological polar surface area (TPSA) is 69.6 Å². The van der Waals surface area contributed by atoms with E-state index in [4.69, 9.17) is 0 Å². The molecular formula is C43H60F2N2O3. The lowest BCUT2D eigenvalue weighted by molar-refractivity contribution is -0.219. The van der Waals surface area contributed by atoms with Crippen LogP contribution in [0.4, 0.5) is 8.78 Å². The van der Waals surface area contributed by atoms with Gasteiger partial charge in [0.2, 0.25) is 5.91 Å². The Hall–Kier alpha value is -2.54. The highest BCUT2D eigenvalue weighted by molar-refractivity contribution is 5.88. The number of hydrogen-bond donors (Lipinski definition) is 2. The second-order valence-corrected chi connectivity index (χ2v) is 18.9. The van der Waals surface area contributed by atoms with Crippen LogP contribution in [0.5, 0.6) is 0 Å². The first kappa shape index (κ1) is 35.8. The molecule has 1 amide bonds. The van der Waals surface area contributed by atoms with Crippen LogP contribution in [-0.4, -0.2) is 53.0 Å². The molecule has 1 aromatic rings. The first-order valence-corrected chi connectivity index (χ1v) is 19.5. The summed E-state index contributed by atoms with van der Waals surface area (Å²) in [4.78, 5) is 27.2. The Balaban J connectivity index is 1.16. The van der Waals surface area contributed by atoms with Crippen LogP contribution >= 0.6 is 0 Å². The molecule has 0 spiro atoms. The molecule has 3 unspecified atom stereocenters. The molecule has 5 nitrogen and oxygen atoms in total. The Kier molecular flexibility index (Phi) is 8.60. The van der Waals surface area contributed by atoms with Gasteiger partial charge in [0.1, 0.15) is 0 Å². The van der Waals surface area contributed by atoms with Crippen molar-refractivity contribution < 1.29 is 23.5 Å². The molecule has 50 heavy (non-hydrogen) atoms. The predicted octanol–water partition coefficient (Wildman–Crippen LogP) is 9.64. The molecule has 1 aliphatic heterocycles. The zero-order valence-electron chi connectivity index (χ0n) is 31.3. The summed E-state index contributed by atoms with van der Waals surface area (Å²) >= 11 is 0. The number of carboxylic acids is 1. The molecule has 1 saturated heterocycles. The van der Waals surface area contributed by atoms with Gasteiger partial charge >= 0.3 is 5.97 Å². The highest BCUT2D eigenvalue weighted by Gasteiger charge is 2.70. The van der Waals surface area contributed by atoms with Gasteiger partial charge in [0.15, 0.2) is 0 Å². The molecule has 0 bridgehead atoms. The van der Waals surface area contributed by atoms with Crippen molar-refractivity contribution in [1.82, 2.24) is 10.2 Å². The van der Waals surface area contributed by atoms with Crippen molar-refractivity contribution in [1.29, 1.82) is 0 Å². The lowest BCUT2D eigenvalue weighted by Crippen LogP contribution is -2.68. The number of alkyl halides is 2. The second kappa shape index (κ2) is 12.0. The first-order valence-electron chi connectivity index (χ1n) is 19.5. The molecule has 6 aliphatic rings. The van der Waals surface area contributed by atoms with Crippen LogP contribution in [0.15, 0.2) is 42.5 Å². The number of hydrogen-bond acceptors (Lipinski definition) is 3. The number of halogens is 2. The van der Waals surface area contributed by atoms with Crippen LogP contribution in [-0.2, 0) is 4.79 Å². The lowest BCUT2D eigenvalue weighted by Gasteiger charge is -2.72. The molecule has 7 rings (SSSR count). The zero-order chi connectivity index (χ0) is 36.1. The van der Waals surface area contributed by atoms with E-state index in [1.807, 2.05) is 17.0 Å². The van der Waals surface area contributed by atoms with Crippen LogP contribution in [0, 0.1) is 51.2 Å². The molecule has 7 heteroatoms. The number of carboxylic acid groups (broad SMARTS) is 1. The normalized spacial score (nSPS) is 41.8. The first-order chi connectivity index (χ1) is 23.4. The standard InChI is InChI=1S/C43H60F2N2O3/c1-27(2)30-14-19-42(46-35(48)26-47-24-22-43(44,45)23-25-47)21-20-40(6)32(36(30)42)12-13-34-39(5)17-15-31(28-8-10-29(11-9-28)37(49)50)38(3,4)33(39)16-18-41(34,40)7/h8-11,15,30,32-34,36H,1,12-14,16-26H2,2-7H3,(H,46,48)(H,49,50)/t30-,32+,33?,34?,36?,39-,40+,41+,42-/m0/s1. The van der Waals surface area contributed by atoms with Crippen LogP contribution < -0.4 is 5.32 Å². The van der Waals surface area contributed by atoms with Gasteiger partial charge < -0.3 is 10.4 Å². The van der Waals surface area contributed by atoms with Crippen LogP contribution in [0.2, 0.25) is 0 Å². The Bertz CT molecular complexity index is 1570. The fraction of sp³-hybridized carbons (Fsp3) is 0.721. The largest absolute Gasteiger partial charge is 0.478 e. The van der Waals surface area contributed by atoms with E-state index < -0.39 is 11.9 Å². The van der Waals surface area contributed by atoms with Crippen LogP contribution in [0.1, 0.15) is 128 Å². The summed E-state index contributed by atoms with van der Waals surface area (Å²) in [5.41, 5.74) is 4.23. The van der Waals surface area contributed by atoms with E-state index in [9.17, 15) is 23.5 Å². The Morgan fingerprint density at radius 2 is 1.56 bits per heavy atom. The molecule has 0 aromatic heterocycles. The van der Waals surface area contributed by atoms with Gasteiger partial charge in [-0.15, -0.1) is 0 Å². The number of nitrogens with zero attached hydrogens (tertiary/aromatic N) is 1. The smallest absolute Gasteiger partial charge is 0.335 e. The molecule has 274 valence electrons. The molecular weight excluding hydrogens is 630 g/mol. The average molecular weight is 691 g/mol. The zero-order valence-corrected chi connectivity index (χ0v) is 31.3. The number of nitrogens with one attached hydrogen (secondary N) is 1. The maximum absolute atomic E-state index is 13.8. The van der Waals surface area contributed by atoms with E-state index in [1.165, 1.54) is 36.8 Å². The van der Waals surface area contributed by atoms with Gasteiger partial charge in [0.25, 0.3) is 5.92 Å². The van der Waals surface area contributed by atoms with Crippen molar-refractivity contribution in [2.75, 3.05) is 19.6 Å². The molecule has 1 aromatic carbocycles. The number of allylic oxidation sites excluding steroid dienone is 3. The number of carbonyl (C=O) groups is 2. The Morgan fingerprint density at radius 1 is 0.880 bits per heavy atom. The fourth-order valence-electron chi connectivity index (χ4n) is 13.8. The van der Waals surface area contributed by atoms with E-state index in [1.54, 1.807) is 12.1 Å². The van der Waals surface area contributed by atoms with Crippen molar-refractivity contribution in [2.45, 2.75) is 124 Å². The third kappa shape index (κ3) is 5.36. The van der Waals surface area contributed by atoms with E-state index in [0.717, 1.165) is 37.7 Å². The molecule has 9 atom stereocenters. The van der Waals surface area contributed by atoms with Gasteiger partial charge in [-0.1, -0.05) is 65.0 Å². The lowest BCUT2D eigenvalue weighted by atomic mass is 9.33. The number of likely N-dealkylation sites (tertiary alicyclic amines) is 1. The minimum Gasteiger partial charge on any atom is -0.478 e. The van der Waals surface area contributed by atoms with Crippen molar-refractivity contribution in [3.63, 3.8) is 0 Å². The van der Waals surface area contributed by atoms with Gasteiger partial charge in [-0.3, -0.25) is 9.69 Å². The van der Waals surface area contributed by atoms with Gasteiger partial charge in [-0.05, 0) is 139 Å². The average Bonchev–Trinajstić information content (AvgIpc) is 3.42. The minimum atomic E-state index is -2.61. The number of rotatable bonds is 6. The maximum atomic E-state index is 13.8. The number of fused-ring (bicyclic) bond motifs is 7. The SMILES string of the molecule is C=C(C)[C@@H]1CC[C@]2(NC(=O)CN3CCC(F)(F)CC3)CC[C@]3(C)[C@H](CCC4[C@@]5(C)CC=C(c6ccc(C(=O)O)cc6)C(C)(C)C5CC[C@]43C)C12. The van der Waals surface area contributed by atoms with E-state index in [0.29, 0.717) is 35.2 Å². The summed E-state index contributed by atoms with van der Waals surface area (Å²) in [6.07, 6.45) is 12.0. The van der Waals surface area contributed by atoms with Crippen LogP contribution in [0.3, 0.4) is 0 Å². The third-order valence-corrected chi connectivity index (χ3v) is 16.4. The number of carbonyl (C=O) groups excluding carboxylic acids is 1. The van der Waals surface area contributed by atoms with Gasteiger partial charge in [-0.25, -0.2) is 13.6 Å². The van der Waals surface area contributed by atoms with E-state index >= 15 is 0 Å². The quantitative estimate of drug-likeness (QED) is 0.292. The highest BCUT2D eigenvalue weighted by atomic mass is 19.3. The van der Waals surface area contributed by atoms with Crippen molar-refractivity contribution in [2.24, 2.45) is 51.2 Å². The fourth-order valence-corrected chi connectivity index (χ4v) is 13.8. The second-order valence-electron chi connectivity index (χ2n) is 18.9.